The molecule has 0 saturated heterocycles. The van der Waals surface area contributed by atoms with Crippen LogP contribution in [0.2, 0.25) is 0 Å². The summed E-state index contributed by atoms with van der Waals surface area (Å²) in [5.41, 5.74) is 7.42. The van der Waals surface area contributed by atoms with Crippen molar-refractivity contribution < 1.29 is 14.6 Å². The summed E-state index contributed by atoms with van der Waals surface area (Å²) in [5.74, 6) is -0.245. The maximum Gasteiger partial charge on any atom is 0.320 e. The molecule has 88 valence electrons. The molecule has 0 spiro atoms. The monoisotopic (exact) mass is 223 g/mol. The highest BCUT2D eigenvalue weighted by molar-refractivity contribution is 5.73. The number of methoxy groups -OCH3 is 1. The van der Waals surface area contributed by atoms with E-state index in [2.05, 4.69) is 0 Å². The molecule has 1 aromatic carbocycles. The number of hydrogen-bond acceptors (Lipinski definition) is 3. The molecule has 3 N–H and O–H groups in total. The normalized spacial score (nSPS) is 12.2. The first-order valence-corrected chi connectivity index (χ1v) is 5.23. The van der Waals surface area contributed by atoms with Crippen LogP contribution in [0, 0.1) is 0 Å². The fourth-order valence-corrected chi connectivity index (χ4v) is 1.66. The van der Waals surface area contributed by atoms with Gasteiger partial charge in [0.1, 0.15) is 11.8 Å². The fraction of sp³-hybridized carbons (Fsp3) is 0.417. The lowest BCUT2D eigenvalue weighted by atomic mass is 10.0. The standard InChI is InChI=1S/C12H17NO3/c1-3-8-5-4-6-9(11(8)16-2)7-10(13)12(14)15/h4-6,10H,3,7,13H2,1-2H3,(H,14,15). The van der Waals surface area contributed by atoms with Crippen LogP contribution >= 0.6 is 0 Å². The summed E-state index contributed by atoms with van der Waals surface area (Å²) >= 11 is 0. The molecule has 0 radical (unpaired) electrons. The van der Waals surface area contributed by atoms with Crippen molar-refractivity contribution in [1.29, 1.82) is 0 Å². The van der Waals surface area contributed by atoms with Crippen molar-refractivity contribution in [3.63, 3.8) is 0 Å². The molecule has 0 aliphatic carbocycles. The van der Waals surface area contributed by atoms with Gasteiger partial charge < -0.3 is 15.6 Å². The topological polar surface area (TPSA) is 72.6 Å². The molecule has 4 nitrogen and oxygen atoms in total. The summed E-state index contributed by atoms with van der Waals surface area (Å²) in [6.07, 6.45) is 1.13. The van der Waals surface area contributed by atoms with Gasteiger partial charge in [0, 0.05) is 6.42 Å². The van der Waals surface area contributed by atoms with Crippen LogP contribution in [0.25, 0.3) is 0 Å². The van der Waals surface area contributed by atoms with Crippen LogP contribution in [0.1, 0.15) is 18.1 Å². The van der Waals surface area contributed by atoms with Crippen molar-refractivity contribution in [3.8, 4) is 5.75 Å². The summed E-state index contributed by atoms with van der Waals surface area (Å²) in [6.45, 7) is 2.03. The smallest absolute Gasteiger partial charge is 0.320 e. The third kappa shape index (κ3) is 2.73. The Bertz CT molecular complexity index is 377. The molecule has 1 aromatic rings. The zero-order valence-corrected chi connectivity index (χ0v) is 9.56. The van der Waals surface area contributed by atoms with E-state index in [1.165, 1.54) is 0 Å². The first kappa shape index (κ1) is 12.5. The van der Waals surface area contributed by atoms with Crippen molar-refractivity contribution in [2.45, 2.75) is 25.8 Å². The van der Waals surface area contributed by atoms with Gasteiger partial charge in [0.25, 0.3) is 0 Å². The van der Waals surface area contributed by atoms with Crippen molar-refractivity contribution in [3.05, 3.63) is 29.3 Å². The van der Waals surface area contributed by atoms with Gasteiger partial charge in [-0.15, -0.1) is 0 Å². The predicted molar refractivity (Wildman–Crippen MR) is 61.7 cm³/mol. The van der Waals surface area contributed by atoms with Crippen molar-refractivity contribution in [2.75, 3.05) is 7.11 Å². The zero-order chi connectivity index (χ0) is 12.1. The van der Waals surface area contributed by atoms with E-state index in [-0.39, 0.29) is 6.42 Å². The number of benzene rings is 1. The number of carboxylic acids is 1. The molecule has 0 fully saturated rings. The predicted octanol–water partition coefficient (Wildman–Crippen LogP) is 1.21. The molecular weight excluding hydrogens is 206 g/mol. The molecule has 0 aliphatic rings. The number of nitrogens with two attached hydrogens (primary N) is 1. The Morgan fingerprint density at radius 3 is 2.62 bits per heavy atom. The second-order valence-electron chi connectivity index (χ2n) is 3.61. The molecule has 0 aliphatic heterocycles. The largest absolute Gasteiger partial charge is 0.496 e. The molecular formula is C12H17NO3. The Labute approximate surface area is 95.0 Å². The van der Waals surface area contributed by atoms with Gasteiger partial charge in [-0.05, 0) is 17.5 Å². The van der Waals surface area contributed by atoms with Crippen LogP contribution in [0.3, 0.4) is 0 Å². The Morgan fingerprint density at radius 1 is 1.50 bits per heavy atom. The van der Waals surface area contributed by atoms with Gasteiger partial charge in [0.2, 0.25) is 0 Å². The molecule has 1 rings (SSSR count). The van der Waals surface area contributed by atoms with Crippen LogP contribution in [0.4, 0.5) is 0 Å². The lowest BCUT2D eigenvalue weighted by molar-refractivity contribution is -0.138. The Kier molecular flexibility index (Phi) is 4.31. The van der Waals surface area contributed by atoms with E-state index in [9.17, 15) is 4.79 Å². The molecule has 0 bridgehead atoms. The zero-order valence-electron chi connectivity index (χ0n) is 9.56. The second-order valence-corrected chi connectivity index (χ2v) is 3.61. The SMILES string of the molecule is CCc1cccc(CC(N)C(=O)O)c1OC. The van der Waals surface area contributed by atoms with Crippen LogP contribution in [-0.4, -0.2) is 24.2 Å². The van der Waals surface area contributed by atoms with Gasteiger partial charge in [-0.3, -0.25) is 4.79 Å². The van der Waals surface area contributed by atoms with Crippen LogP contribution in [0.15, 0.2) is 18.2 Å². The quantitative estimate of drug-likeness (QED) is 0.787. The lowest BCUT2D eigenvalue weighted by Crippen LogP contribution is -2.32. The molecule has 0 amide bonds. The Hall–Kier alpha value is -1.55. The molecule has 0 aromatic heterocycles. The van der Waals surface area contributed by atoms with E-state index in [4.69, 9.17) is 15.6 Å². The van der Waals surface area contributed by atoms with Crippen LogP contribution in [-0.2, 0) is 17.6 Å². The number of ether oxygens (including phenoxy) is 1. The fourth-order valence-electron chi connectivity index (χ4n) is 1.66. The van der Waals surface area contributed by atoms with Crippen molar-refractivity contribution in [2.24, 2.45) is 5.73 Å². The third-order valence-electron chi connectivity index (χ3n) is 2.52. The highest BCUT2D eigenvalue weighted by Gasteiger charge is 2.16. The maximum atomic E-state index is 10.7. The Balaban J connectivity index is 2.99. The number of aliphatic carboxylic acids is 1. The van der Waals surface area contributed by atoms with Crippen molar-refractivity contribution in [1.82, 2.24) is 0 Å². The average molecular weight is 223 g/mol. The van der Waals surface area contributed by atoms with E-state index < -0.39 is 12.0 Å². The minimum atomic E-state index is -0.996. The minimum absolute atomic E-state index is 0.284. The summed E-state index contributed by atoms with van der Waals surface area (Å²) in [4.78, 5) is 10.7. The van der Waals surface area contributed by atoms with Gasteiger partial charge >= 0.3 is 5.97 Å². The summed E-state index contributed by atoms with van der Waals surface area (Å²) in [5, 5.41) is 8.77. The molecule has 16 heavy (non-hydrogen) atoms. The summed E-state index contributed by atoms with van der Waals surface area (Å²) in [7, 11) is 1.59. The van der Waals surface area contributed by atoms with E-state index >= 15 is 0 Å². The first-order valence-electron chi connectivity index (χ1n) is 5.23. The van der Waals surface area contributed by atoms with E-state index in [1.54, 1.807) is 7.11 Å². The molecule has 0 heterocycles. The number of hydrogen-bond donors (Lipinski definition) is 2. The highest BCUT2D eigenvalue weighted by Crippen LogP contribution is 2.25. The van der Waals surface area contributed by atoms with Crippen molar-refractivity contribution >= 4 is 5.97 Å². The molecule has 1 unspecified atom stereocenters. The number of rotatable bonds is 5. The number of carboxylic acid groups (broad SMARTS) is 1. The number of para-hydroxylation sites is 1. The van der Waals surface area contributed by atoms with E-state index in [1.807, 2.05) is 25.1 Å². The highest BCUT2D eigenvalue weighted by atomic mass is 16.5. The molecule has 0 saturated carbocycles. The Morgan fingerprint density at radius 2 is 2.12 bits per heavy atom. The first-order chi connectivity index (χ1) is 7.60. The minimum Gasteiger partial charge on any atom is -0.496 e. The number of aryl methyl sites for hydroxylation is 1. The summed E-state index contributed by atoms with van der Waals surface area (Å²) < 4.78 is 5.30. The van der Waals surface area contributed by atoms with Crippen LogP contribution in [0.5, 0.6) is 5.75 Å². The maximum absolute atomic E-state index is 10.7. The second kappa shape index (κ2) is 5.51. The van der Waals surface area contributed by atoms with Gasteiger partial charge in [0.05, 0.1) is 7.11 Å². The van der Waals surface area contributed by atoms with Gasteiger partial charge in [-0.25, -0.2) is 0 Å². The van der Waals surface area contributed by atoms with Crippen LogP contribution < -0.4 is 10.5 Å². The molecule has 1 atom stereocenters. The lowest BCUT2D eigenvalue weighted by Gasteiger charge is -2.14. The van der Waals surface area contributed by atoms with Gasteiger partial charge in [0.15, 0.2) is 0 Å². The van der Waals surface area contributed by atoms with E-state index in [0.717, 1.165) is 23.3 Å². The van der Waals surface area contributed by atoms with Gasteiger partial charge in [-0.1, -0.05) is 25.1 Å². The van der Waals surface area contributed by atoms with E-state index in [0.29, 0.717) is 0 Å². The molecule has 4 heteroatoms. The number of carbonyl (C=O) groups is 1. The van der Waals surface area contributed by atoms with Gasteiger partial charge in [-0.2, -0.15) is 0 Å². The average Bonchev–Trinajstić information content (AvgIpc) is 2.28. The summed E-state index contributed by atoms with van der Waals surface area (Å²) in [6, 6.07) is 4.82. The third-order valence-corrected chi connectivity index (χ3v) is 2.52.